The fraction of sp³-hybridized carbons (Fsp3) is 0.818. The maximum absolute atomic E-state index is 11.6. The van der Waals surface area contributed by atoms with E-state index in [9.17, 15) is 9.59 Å². The highest BCUT2D eigenvalue weighted by Crippen LogP contribution is 2.41. The fourth-order valence-electron chi connectivity index (χ4n) is 1.52. The van der Waals surface area contributed by atoms with Gasteiger partial charge in [0.2, 0.25) is 5.60 Å². The predicted octanol–water partition coefficient (Wildman–Crippen LogP) is 1.72. The maximum atomic E-state index is 11.6. The van der Waals surface area contributed by atoms with E-state index in [2.05, 4.69) is 0 Å². The van der Waals surface area contributed by atoms with E-state index >= 15 is 0 Å². The molecule has 0 unspecified atom stereocenters. The number of hydrogen-bond donors (Lipinski definition) is 0. The van der Waals surface area contributed by atoms with Gasteiger partial charge in [-0.05, 0) is 12.8 Å². The van der Waals surface area contributed by atoms with Gasteiger partial charge in [0.15, 0.2) is 0 Å². The largest absolute Gasteiger partial charge is 0.447 e. The van der Waals surface area contributed by atoms with Crippen molar-refractivity contribution in [3.63, 3.8) is 0 Å². The predicted molar refractivity (Wildman–Crippen MR) is 58.2 cm³/mol. The van der Waals surface area contributed by atoms with Crippen molar-refractivity contribution in [2.45, 2.75) is 56.1 Å². The average molecular weight is 263 g/mol. The molecular formula is C11H15ClO5. The van der Waals surface area contributed by atoms with Crippen LogP contribution in [0.4, 0.5) is 0 Å². The van der Waals surface area contributed by atoms with E-state index in [4.69, 9.17) is 26.1 Å². The SMILES string of the molecule is CCC(=O)OC1(C(=O)OOC2CC(Cl)C2)CC1. The molecule has 17 heavy (non-hydrogen) atoms. The highest BCUT2D eigenvalue weighted by Gasteiger charge is 2.56. The Hall–Kier alpha value is -0.810. The molecule has 5 nitrogen and oxygen atoms in total. The summed E-state index contributed by atoms with van der Waals surface area (Å²) in [5.74, 6) is -1.01. The highest BCUT2D eigenvalue weighted by molar-refractivity contribution is 6.21. The van der Waals surface area contributed by atoms with Crippen molar-refractivity contribution >= 4 is 23.5 Å². The number of carbonyl (C=O) groups excluding carboxylic acids is 2. The lowest BCUT2D eigenvalue weighted by Gasteiger charge is -2.28. The van der Waals surface area contributed by atoms with E-state index in [0.29, 0.717) is 25.7 Å². The van der Waals surface area contributed by atoms with Crippen LogP contribution in [-0.2, 0) is 24.1 Å². The van der Waals surface area contributed by atoms with Crippen molar-refractivity contribution in [2.24, 2.45) is 0 Å². The van der Waals surface area contributed by atoms with Crippen molar-refractivity contribution in [2.75, 3.05) is 0 Å². The molecule has 0 N–H and O–H groups in total. The van der Waals surface area contributed by atoms with Gasteiger partial charge in [-0.1, -0.05) is 6.92 Å². The maximum Gasteiger partial charge on any atom is 0.385 e. The zero-order valence-electron chi connectivity index (χ0n) is 9.61. The van der Waals surface area contributed by atoms with Gasteiger partial charge in [0.25, 0.3) is 0 Å². The van der Waals surface area contributed by atoms with Gasteiger partial charge < -0.3 is 4.74 Å². The zero-order chi connectivity index (χ0) is 12.5. The Labute approximate surface area is 104 Å². The quantitative estimate of drug-likeness (QED) is 0.327. The zero-order valence-corrected chi connectivity index (χ0v) is 10.4. The van der Waals surface area contributed by atoms with E-state index in [1.54, 1.807) is 6.92 Å². The Kier molecular flexibility index (Phi) is 3.58. The van der Waals surface area contributed by atoms with Gasteiger partial charge in [0, 0.05) is 24.6 Å². The molecule has 0 heterocycles. The van der Waals surface area contributed by atoms with E-state index < -0.39 is 17.5 Å². The van der Waals surface area contributed by atoms with E-state index in [0.717, 1.165) is 0 Å². The third-order valence-corrected chi connectivity index (χ3v) is 3.33. The van der Waals surface area contributed by atoms with Gasteiger partial charge in [-0.15, -0.1) is 11.6 Å². The molecule has 0 spiro atoms. The Morgan fingerprint density at radius 2 is 2.00 bits per heavy atom. The van der Waals surface area contributed by atoms with Crippen molar-refractivity contribution in [1.29, 1.82) is 0 Å². The van der Waals surface area contributed by atoms with Crippen LogP contribution in [-0.4, -0.2) is 29.0 Å². The standard InChI is InChI=1S/C11H15ClO5/c1-2-9(13)15-11(3-4-11)10(14)17-16-8-5-7(12)6-8/h7-8H,2-6H2,1H3. The summed E-state index contributed by atoms with van der Waals surface area (Å²) in [7, 11) is 0. The molecule has 2 aliphatic carbocycles. The summed E-state index contributed by atoms with van der Waals surface area (Å²) in [6, 6.07) is 0. The monoisotopic (exact) mass is 262 g/mol. The minimum Gasteiger partial charge on any atom is -0.447 e. The number of esters is 1. The summed E-state index contributed by atoms with van der Waals surface area (Å²) in [4.78, 5) is 32.4. The van der Waals surface area contributed by atoms with Crippen LogP contribution in [0.1, 0.15) is 39.0 Å². The first-order valence-electron chi connectivity index (χ1n) is 5.79. The van der Waals surface area contributed by atoms with Crippen LogP contribution in [0.2, 0.25) is 0 Å². The molecule has 2 aliphatic rings. The van der Waals surface area contributed by atoms with Crippen LogP contribution >= 0.6 is 11.6 Å². The summed E-state index contributed by atoms with van der Waals surface area (Å²) in [5, 5.41) is 0.103. The summed E-state index contributed by atoms with van der Waals surface area (Å²) < 4.78 is 5.05. The van der Waals surface area contributed by atoms with Crippen LogP contribution in [0, 0.1) is 0 Å². The molecule has 0 aliphatic heterocycles. The number of ether oxygens (including phenoxy) is 1. The van der Waals surface area contributed by atoms with Gasteiger partial charge in [-0.3, -0.25) is 9.68 Å². The van der Waals surface area contributed by atoms with Gasteiger partial charge in [0.05, 0.1) is 0 Å². The molecule has 0 saturated heterocycles. The second kappa shape index (κ2) is 4.82. The number of halogens is 1. The molecule has 2 saturated carbocycles. The molecule has 0 bridgehead atoms. The second-order valence-corrected chi connectivity index (χ2v) is 5.10. The van der Waals surface area contributed by atoms with Gasteiger partial charge in [-0.2, -0.15) is 4.89 Å². The fourth-order valence-corrected chi connectivity index (χ4v) is 1.92. The highest BCUT2D eigenvalue weighted by atomic mass is 35.5. The number of alkyl halides is 1. The van der Waals surface area contributed by atoms with Gasteiger partial charge in [-0.25, -0.2) is 4.79 Å². The number of rotatable bonds is 5. The van der Waals surface area contributed by atoms with E-state index in [1.165, 1.54) is 0 Å². The molecule has 0 atom stereocenters. The normalized spacial score (nSPS) is 29.1. The molecule has 0 radical (unpaired) electrons. The van der Waals surface area contributed by atoms with Crippen LogP contribution in [0.5, 0.6) is 0 Å². The number of hydrogen-bond acceptors (Lipinski definition) is 5. The van der Waals surface area contributed by atoms with Crippen LogP contribution in [0.15, 0.2) is 0 Å². The Morgan fingerprint density at radius 1 is 1.35 bits per heavy atom. The summed E-state index contributed by atoms with van der Waals surface area (Å²) in [6.07, 6.45) is 2.48. The third-order valence-electron chi connectivity index (χ3n) is 2.97. The Bertz CT molecular complexity index is 320. The van der Waals surface area contributed by atoms with E-state index in [-0.39, 0.29) is 17.9 Å². The summed E-state index contributed by atoms with van der Waals surface area (Å²) >= 11 is 5.76. The van der Waals surface area contributed by atoms with Crippen LogP contribution in [0.25, 0.3) is 0 Å². The molecule has 2 rings (SSSR count). The van der Waals surface area contributed by atoms with Crippen molar-refractivity contribution in [3.8, 4) is 0 Å². The smallest absolute Gasteiger partial charge is 0.385 e. The lowest BCUT2D eigenvalue weighted by molar-refractivity contribution is -0.315. The first kappa shape index (κ1) is 12.6. The minimum absolute atomic E-state index is 0.103. The second-order valence-electron chi connectivity index (χ2n) is 4.48. The Balaban J connectivity index is 1.73. The van der Waals surface area contributed by atoms with Crippen molar-refractivity contribution in [1.82, 2.24) is 0 Å². The molecule has 0 amide bonds. The van der Waals surface area contributed by atoms with E-state index in [1.807, 2.05) is 0 Å². The van der Waals surface area contributed by atoms with Crippen molar-refractivity contribution < 1.29 is 24.1 Å². The summed E-state index contributed by atoms with van der Waals surface area (Å²) in [6.45, 7) is 1.68. The molecule has 0 aromatic heterocycles. The third kappa shape index (κ3) is 2.90. The summed E-state index contributed by atoms with van der Waals surface area (Å²) in [5.41, 5.74) is -1.09. The molecule has 0 aromatic rings. The first-order valence-corrected chi connectivity index (χ1v) is 6.23. The number of carbonyl (C=O) groups is 2. The molecule has 96 valence electrons. The van der Waals surface area contributed by atoms with Gasteiger partial charge in [0.1, 0.15) is 6.10 Å². The lowest BCUT2D eigenvalue weighted by atomic mass is 9.96. The average Bonchev–Trinajstić information content (AvgIpc) is 3.03. The Morgan fingerprint density at radius 3 is 2.47 bits per heavy atom. The lowest BCUT2D eigenvalue weighted by Crippen LogP contribution is -2.36. The molecular weight excluding hydrogens is 248 g/mol. The van der Waals surface area contributed by atoms with Crippen molar-refractivity contribution in [3.05, 3.63) is 0 Å². The van der Waals surface area contributed by atoms with Gasteiger partial charge >= 0.3 is 11.9 Å². The van der Waals surface area contributed by atoms with Crippen LogP contribution < -0.4 is 0 Å². The molecule has 0 aromatic carbocycles. The van der Waals surface area contributed by atoms with Crippen LogP contribution in [0.3, 0.4) is 0 Å². The topological polar surface area (TPSA) is 61.8 Å². The minimum atomic E-state index is -1.09. The molecule has 2 fully saturated rings. The first-order chi connectivity index (χ1) is 8.05. The molecule has 6 heteroatoms.